The van der Waals surface area contributed by atoms with Crippen LogP contribution in [0.5, 0.6) is 0 Å². The van der Waals surface area contributed by atoms with Crippen molar-refractivity contribution in [3.8, 4) is 0 Å². The Kier molecular flexibility index (Phi) is 6.76. The minimum Gasteiger partial charge on any atom is -0.456 e. The van der Waals surface area contributed by atoms with Gasteiger partial charge in [-0.2, -0.15) is 0 Å². The lowest BCUT2D eigenvalue weighted by molar-refractivity contribution is -0.149. The molecule has 2 aliphatic rings. The summed E-state index contributed by atoms with van der Waals surface area (Å²) >= 11 is 0. The van der Waals surface area contributed by atoms with Crippen LogP contribution in [0.4, 0.5) is 14.9 Å². The normalized spacial score (nSPS) is 20.5. The van der Waals surface area contributed by atoms with Crippen LogP contribution >= 0.6 is 0 Å². The van der Waals surface area contributed by atoms with Crippen molar-refractivity contribution in [2.45, 2.75) is 32.1 Å². The van der Waals surface area contributed by atoms with Gasteiger partial charge in [-0.05, 0) is 25.0 Å². The summed E-state index contributed by atoms with van der Waals surface area (Å²) < 4.78 is 18.2. The van der Waals surface area contributed by atoms with Crippen molar-refractivity contribution in [3.63, 3.8) is 0 Å². The molecular formula is C20H22FN3O6. The standard InChI is InChI=1S/C20H22FN3O6/c21-14-7-3-4-8-15(14)22-20(29)23-16(25)11-30-17(26)9-10-24-18(27)12-5-1-2-6-13(12)19(24)28/h3-4,7-8,12-13H,1-2,5-6,9-11H2,(H2,22,23,25,29)/t12-,13-/m1/s1. The van der Waals surface area contributed by atoms with Crippen LogP contribution in [0.3, 0.4) is 0 Å². The number of esters is 1. The van der Waals surface area contributed by atoms with E-state index in [2.05, 4.69) is 5.32 Å². The van der Waals surface area contributed by atoms with Crippen molar-refractivity contribution in [1.29, 1.82) is 0 Å². The zero-order valence-electron chi connectivity index (χ0n) is 16.2. The summed E-state index contributed by atoms with van der Waals surface area (Å²) in [6.45, 7) is -0.824. The van der Waals surface area contributed by atoms with Gasteiger partial charge in [0.1, 0.15) is 5.82 Å². The first-order valence-electron chi connectivity index (χ1n) is 9.73. The Balaban J connectivity index is 1.38. The number of nitrogens with zero attached hydrogens (tertiary/aromatic N) is 1. The van der Waals surface area contributed by atoms with Gasteiger partial charge in [0.05, 0.1) is 23.9 Å². The Hall–Kier alpha value is -3.30. The molecule has 5 amide bonds. The molecule has 2 N–H and O–H groups in total. The first kappa shape index (κ1) is 21.4. The molecule has 0 bridgehead atoms. The van der Waals surface area contributed by atoms with Crippen LogP contribution in [0.1, 0.15) is 32.1 Å². The number of hydrogen-bond donors (Lipinski definition) is 2. The van der Waals surface area contributed by atoms with E-state index in [0.29, 0.717) is 12.8 Å². The quantitative estimate of drug-likeness (QED) is 0.533. The van der Waals surface area contributed by atoms with Crippen LogP contribution in [0, 0.1) is 17.7 Å². The fourth-order valence-electron chi connectivity index (χ4n) is 3.75. The highest BCUT2D eigenvalue weighted by Gasteiger charge is 2.47. The third-order valence-corrected chi connectivity index (χ3v) is 5.21. The smallest absolute Gasteiger partial charge is 0.326 e. The second-order valence-corrected chi connectivity index (χ2v) is 7.22. The molecule has 1 saturated carbocycles. The Morgan fingerprint density at radius 2 is 1.70 bits per heavy atom. The van der Waals surface area contributed by atoms with Crippen molar-refractivity contribution in [2.24, 2.45) is 11.8 Å². The molecule has 160 valence electrons. The number of para-hydroxylation sites is 1. The highest BCUT2D eigenvalue weighted by Crippen LogP contribution is 2.37. The van der Waals surface area contributed by atoms with Crippen LogP contribution in [-0.4, -0.2) is 47.8 Å². The predicted molar refractivity (Wildman–Crippen MR) is 101 cm³/mol. The fourth-order valence-corrected chi connectivity index (χ4v) is 3.75. The summed E-state index contributed by atoms with van der Waals surface area (Å²) in [6.07, 6.45) is 2.95. The molecule has 2 fully saturated rings. The van der Waals surface area contributed by atoms with Crippen LogP contribution < -0.4 is 10.6 Å². The fraction of sp³-hybridized carbons (Fsp3) is 0.450. The molecule has 0 radical (unpaired) electrons. The summed E-state index contributed by atoms with van der Waals surface area (Å²) in [4.78, 5) is 61.0. The van der Waals surface area contributed by atoms with Crippen LogP contribution in [0.25, 0.3) is 0 Å². The summed E-state index contributed by atoms with van der Waals surface area (Å²) in [5.74, 6) is -3.44. The number of ether oxygens (including phenoxy) is 1. The average molecular weight is 419 g/mol. The third-order valence-electron chi connectivity index (χ3n) is 5.21. The van der Waals surface area contributed by atoms with Gasteiger partial charge in [0.2, 0.25) is 11.8 Å². The Labute approximate surface area is 171 Å². The van der Waals surface area contributed by atoms with Gasteiger partial charge in [0.25, 0.3) is 5.91 Å². The number of hydrogen-bond acceptors (Lipinski definition) is 6. The monoisotopic (exact) mass is 419 g/mol. The molecule has 9 nitrogen and oxygen atoms in total. The molecule has 1 heterocycles. The van der Waals surface area contributed by atoms with E-state index in [1.165, 1.54) is 18.2 Å². The molecule has 2 atom stereocenters. The van der Waals surface area contributed by atoms with Gasteiger partial charge in [0.15, 0.2) is 6.61 Å². The van der Waals surface area contributed by atoms with Crippen LogP contribution in [0.15, 0.2) is 24.3 Å². The number of imide groups is 2. The van der Waals surface area contributed by atoms with Gasteiger partial charge in [-0.15, -0.1) is 0 Å². The van der Waals surface area contributed by atoms with E-state index in [1.54, 1.807) is 0 Å². The second kappa shape index (κ2) is 9.47. The van der Waals surface area contributed by atoms with Gasteiger partial charge in [-0.1, -0.05) is 25.0 Å². The maximum Gasteiger partial charge on any atom is 0.326 e. The molecule has 10 heteroatoms. The van der Waals surface area contributed by atoms with Crippen molar-refractivity contribution in [3.05, 3.63) is 30.1 Å². The SMILES string of the molecule is O=C(COC(=O)CCN1C(=O)[C@@H]2CCCC[C@H]2C1=O)NC(=O)Nc1ccccc1F. The van der Waals surface area contributed by atoms with E-state index in [4.69, 9.17) is 4.74 Å². The number of benzene rings is 1. The number of urea groups is 1. The van der Waals surface area contributed by atoms with E-state index in [-0.39, 0.29) is 42.3 Å². The molecule has 1 aliphatic carbocycles. The van der Waals surface area contributed by atoms with E-state index in [9.17, 15) is 28.4 Å². The lowest BCUT2D eigenvalue weighted by Crippen LogP contribution is -2.38. The van der Waals surface area contributed by atoms with Gasteiger partial charge in [-0.25, -0.2) is 9.18 Å². The number of nitrogens with one attached hydrogen (secondary N) is 2. The molecule has 0 spiro atoms. The molecule has 3 rings (SSSR count). The first-order valence-corrected chi connectivity index (χ1v) is 9.73. The number of anilines is 1. The number of halogens is 1. The van der Waals surface area contributed by atoms with Crippen LogP contribution in [-0.2, 0) is 23.9 Å². The Morgan fingerprint density at radius 3 is 2.33 bits per heavy atom. The zero-order valence-corrected chi connectivity index (χ0v) is 16.2. The van der Waals surface area contributed by atoms with Gasteiger partial charge >= 0.3 is 12.0 Å². The highest BCUT2D eigenvalue weighted by atomic mass is 19.1. The molecule has 0 unspecified atom stereocenters. The van der Waals surface area contributed by atoms with E-state index in [1.807, 2.05) is 5.32 Å². The number of rotatable bonds is 6. The molecule has 1 saturated heterocycles. The molecule has 30 heavy (non-hydrogen) atoms. The van der Waals surface area contributed by atoms with Crippen molar-refractivity contribution in [1.82, 2.24) is 10.2 Å². The third kappa shape index (κ3) is 5.00. The minimum atomic E-state index is -0.975. The Bertz CT molecular complexity index is 850. The minimum absolute atomic E-state index is 0.0983. The topological polar surface area (TPSA) is 122 Å². The number of carbonyl (C=O) groups is 5. The lowest BCUT2D eigenvalue weighted by Gasteiger charge is -2.19. The van der Waals surface area contributed by atoms with E-state index in [0.717, 1.165) is 23.8 Å². The van der Waals surface area contributed by atoms with Crippen molar-refractivity contribution >= 4 is 35.4 Å². The van der Waals surface area contributed by atoms with E-state index >= 15 is 0 Å². The van der Waals surface area contributed by atoms with Crippen molar-refractivity contribution in [2.75, 3.05) is 18.5 Å². The van der Waals surface area contributed by atoms with Gasteiger partial charge in [0, 0.05) is 6.54 Å². The number of fused-ring (bicyclic) bond motifs is 1. The first-order chi connectivity index (χ1) is 14.4. The summed E-state index contributed by atoms with van der Waals surface area (Å²) in [7, 11) is 0. The summed E-state index contributed by atoms with van der Waals surface area (Å²) in [5, 5.41) is 4.06. The maximum absolute atomic E-state index is 13.5. The zero-order chi connectivity index (χ0) is 21.7. The van der Waals surface area contributed by atoms with Gasteiger partial charge in [-0.3, -0.25) is 29.4 Å². The molecule has 1 aromatic carbocycles. The average Bonchev–Trinajstić information content (AvgIpc) is 2.97. The van der Waals surface area contributed by atoms with E-state index < -0.39 is 30.3 Å². The highest BCUT2D eigenvalue weighted by molar-refractivity contribution is 6.05. The lowest BCUT2D eigenvalue weighted by atomic mass is 9.81. The maximum atomic E-state index is 13.5. The number of carbonyl (C=O) groups excluding carboxylic acids is 5. The molecular weight excluding hydrogens is 397 g/mol. The molecule has 1 aromatic rings. The largest absolute Gasteiger partial charge is 0.456 e. The predicted octanol–water partition coefficient (Wildman–Crippen LogP) is 1.58. The Morgan fingerprint density at radius 1 is 1.07 bits per heavy atom. The molecule has 0 aromatic heterocycles. The summed E-state index contributed by atoms with van der Waals surface area (Å²) in [6, 6.07) is 4.44. The van der Waals surface area contributed by atoms with Crippen LogP contribution in [0.2, 0.25) is 0 Å². The van der Waals surface area contributed by atoms with Crippen molar-refractivity contribution < 1.29 is 33.1 Å². The number of amides is 5. The molecule has 1 aliphatic heterocycles. The second-order valence-electron chi connectivity index (χ2n) is 7.22. The number of likely N-dealkylation sites (tertiary alicyclic amines) is 1. The summed E-state index contributed by atoms with van der Waals surface area (Å²) in [5.41, 5.74) is -0.111. The van der Waals surface area contributed by atoms with Gasteiger partial charge < -0.3 is 10.1 Å².